The van der Waals surface area contributed by atoms with Gasteiger partial charge in [-0.1, -0.05) is 13.8 Å². The van der Waals surface area contributed by atoms with Gasteiger partial charge in [-0.25, -0.2) is 5.01 Å². The van der Waals surface area contributed by atoms with E-state index in [-0.39, 0.29) is 5.92 Å². The lowest BCUT2D eigenvalue weighted by atomic mass is 10.1. The van der Waals surface area contributed by atoms with Crippen molar-refractivity contribution in [2.75, 3.05) is 31.1 Å². The van der Waals surface area contributed by atoms with Gasteiger partial charge in [-0.05, 0) is 52.8 Å². The molecule has 0 aliphatic carbocycles. The van der Waals surface area contributed by atoms with Crippen LogP contribution in [0.3, 0.4) is 0 Å². The Hall–Kier alpha value is -0.750. The summed E-state index contributed by atoms with van der Waals surface area (Å²) < 4.78 is 25.4. The highest BCUT2D eigenvalue weighted by atomic mass is 127. The lowest BCUT2D eigenvalue weighted by molar-refractivity contribution is -0.148. The number of carboxylic acid groups (broad SMARTS) is 1. The highest BCUT2D eigenvalue weighted by molar-refractivity contribution is 14.1. The summed E-state index contributed by atoms with van der Waals surface area (Å²) in [4.78, 5) is 13.7. The number of benzene rings is 1. The maximum absolute atomic E-state index is 11.6. The van der Waals surface area contributed by atoms with Crippen LogP contribution in [-0.4, -0.2) is 61.5 Å². The summed E-state index contributed by atoms with van der Waals surface area (Å²) in [5.74, 6) is -1.45. The Labute approximate surface area is 158 Å². The van der Waals surface area contributed by atoms with Gasteiger partial charge in [0.05, 0.1) is 0 Å². The number of aliphatic carboxylic acids is 1. The molecule has 134 valence electrons. The molecule has 1 heterocycles. The molecule has 0 amide bonds. The number of carboxylic acids is 1. The summed E-state index contributed by atoms with van der Waals surface area (Å²) in [6.07, 6.45) is 0. The molecule has 1 fully saturated rings. The van der Waals surface area contributed by atoms with Crippen molar-refractivity contribution < 1.29 is 18.7 Å². The zero-order chi connectivity index (χ0) is 17.9. The predicted octanol–water partition coefficient (Wildman–Crippen LogP) is 1.53. The van der Waals surface area contributed by atoms with Crippen molar-refractivity contribution in [1.29, 1.82) is 0 Å². The van der Waals surface area contributed by atoms with E-state index in [0.29, 0.717) is 26.2 Å². The van der Waals surface area contributed by atoms with E-state index < -0.39 is 23.3 Å². The van der Waals surface area contributed by atoms with Gasteiger partial charge in [-0.15, -0.1) is 0 Å². The first-order valence-corrected chi connectivity index (χ1v) is 9.79. The average molecular weight is 466 g/mol. The molecule has 1 aromatic rings. The number of hydrogen-bond acceptors (Lipinski definition) is 5. The molecule has 2 atom stereocenters. The molecule has 1 aliphatic heterocycles. The first kappa shape index (κ1) is 19.6. The molecule has 1 saturated heterocycles. The van der Waals surface area contributed by atoms with Crippen LogP contribution in [0.2, 0.25) is 0 Å². The fourth-order valence-electron chi connectivity index (χ4n) is 2.80. The number of piperazine rings is 1. The van der Waals surface area contributed by atoms with Crippen LogP contribution < -0.4 is 4.90 Å². The molecule has 0 saturated carbocycles. The van der Waals surface area contributed by atoms with Crippen molar-refractivity contribution in [2.45, 2.75) is 19.9 Å². The van der Waals surface area contributed by atoms with E-state index in [1.807, 2.05) is 24.3 Å². The number of anilines is 1. The number of hydrazine groups is 1. The zero-order valence-electron chi connectivity index (χ0n) is 13.6. The Balaban J connectivity index is 2.09. The molecule has 7 nitrogen and oxygen atoms in total. The molecule has 0 radical (unpaired) electrons. The van der Waals surface area contributed by atoms with Crippen molar-refractivity contribution >= 4 is 45.5 Å². The Morgan fingerprint density at radius 3 is 2.21 bits per heavy atom. The van der Waals surface area contributed by atoms with E-state index in [2.05, 4.69) is 27.5 Å². The van der Waals surface area contributed by atoms with Gasteiger partial charge in [0.25, 0.3) is 0 Å². The van der Waals surface area contributed by atoms with Crippen molar-refractivity contribution in [3.05, 3.63) is 27.8 Å². The largest absolute Gasteiger partial charge is 0.759 e. The summed E-state index contributed by atoms with van der Waals surface area (Å²) in [5.41, 5.74) is 1.09. The second-order valence-electron chi connectivity index (χ2n) is 5.96. The predicted molar refractivity (Wildman–Crippen MR) is 100.0 cm³/mol. The summed E-state index contributed by atoms with van der Waals surface area (Å²) in [6.45, 7) is 5.60. The minimum absolute atomic E-state index is 0.324. The van der Waals surface area contributed by atoms with E-state index in [4.69, 9.17) is 0 Å². The van der Waals surface area contributed by atoms with Gasteiger partial charge in [0.1, 0.15) is 6.04 Å². The number of halogens is 1. The fourth-order valence-corrected chi connectivity index (χ4v) is 4.03. The minimum atomic E-state index is -2.62. The zero-order valence-corrected chi connectivity index (χ0v) is 16.6. The monoisotopic (exact) mass is 466 g/mol. The number of rotatable bonds is 6. The van der Waals surface area contributed by atoms with Gasteiger partial charge in [-0.3, -0.25) is 9.00 Å². The van der Waals surface area contributed by atoms with E-state index in [1.54, 1.807) is 18.9 Å². The number of hydrogen-bond donors (Lipinski definition) is 1. The second-order valence-corrected chi connectivity index (χ2v) is 8.02. The molecule has 1 aliphatic rings. The van der Waals surface area contributed by atoms with Gasteiger partial charge in [0, 0.05) is 46.7 Å². The molecule has 2 unspecified atom stereocenters. The molecule has 24 heavy (non-hydrogen) atoms. The quantitative estimate of drug-likeness (QED) is 0.506. The van der Waals surface area contributed by atoms with Crippen LogP contribution in [0.15, 0.2) is 24.3 Å². The van der Waals surface area contributed by atoms with Gasteiger partial charge in [0.2, 0.25) is 0 Å². The Morgan fingerprint density at radius 1 is 1.25 bits per heavy atom. The van der Waals surface area contributed by atoms with Crippen LogP contribution >= 0.6 is 22.6 Å². The van der Waals surface area contributed by atoms with Gasteiger partial charge in [0.15, 0.2) is 0 Å². The molecule has 0 bridgehead atoms. The summed E-state index contributed by atoms with van der Waals surface area (Å²) in [6, 6.07) is 7.04. The molecule has 9 heteroatoms. The van der Waals surface area contributed by atoms with Crippen LogP contribution in [0.5, 0.6) is 0 Å². The lowest BCUT2D eigenvalue weighted by Gasteiger charge is -2.45. The Kier molecular flexibility index (Phi) is 6.99. The standard InChI is InChI=1S/C15H22IN3O4S/c1-11(2)14(15(20)21)19(24(22)23)18-9-7-17(8-10-18)13-5-3-12(16)4-6-13/h3-6,11,14H,7-10H2,1-2H3,(H,20,21)(H,22,23)/p-1. The van der Waals surface area contributed by atoms with Crippen LogP contribution in [0.25, 0.3) is 0 Å². The number of carbonyl (C=O) groups is 1. The molecular formula is C15H21IN3O4S-. The third-order valence-electron chi connectivity index (χ3n) is 4.00. The van der Waals surface area contributed by atoms with Crippen molar-refractivity contribution in [3.63, 3.8) is 0 Å². The molecule has 0 spiro atoms. The summed E-state index contributed by atoms with van der Waals surface area (Å²) in [5, 5.41) is 11.0. The highest BCUT2D eigenvalue weighted by Gasteiger charge is 2.35. The van der Waals surface area contributed by atoms with Crippen LogP contribution in [0.4, 0.5) is 5.69 Å². The van der Waals surface area contributed by atoms with E-state index in [9.17, 15) is 18.7 Å². The fraction of sp³-hybridized carbons (Fsp3) is 0.533. The SMILES string of the molecule is CC(C)C(C(=O)O)N(N1CCN(c2ccc(I)cc2)CC1)S(=O)[O-]. The maximum atomic E-state index is 11.6. The third-order valence-corrected chi connectivity index (χ3v) is 5.48. The molecule has 2 rings (SSSR count). The van der Waals surface area contributed by atoms with Crippen molar-refractivity contribution in [1.82, 2.24) is 9.42 Å². The summed E-state index contributed by atoms with van der Waals surface area (Å²) >= 11 is -0.374. The van der Waals surface area contributed by atoms with E-state index in [0.717, 1.165) is 13.7 Å². The number of nitrogens with zero attached hydrogens (tertiary/aromatic N) is 3. The molecule has 0 aromatic heterocycles. The summed E-state index contributed by atoms with van der Waals surface area (Å²) in [7, 11) is 0. The van der Waals surface area contributed by atoms with Crippen LogP contribution in [-0.2, 0) is 16.1 Å². The minimum Gasteiger partial charge on any atom is -0.759 e. The van der Waals surface area contributed by atoms with Gasteiger partial charge in [-0.2, -0.15) is 4.41 Å². The molecular weight excluding hydrogens is 445 g/mol. The highest BCUT2D eigenvalue weighted by Crippen LogP contribution is 2.21. The normalized spacial score (nSPS) is 18.8. The topological polar surface area (TPSA) is 87.2 Å². The maximum Gasteiger partial charge on any atom is 0.323 e. The Bertz CT molecular complexity index is 591. The van der Waals surface area contributed by atoms with E-state index in [1.165, 1.54) is 0 Å². The first-order valence-electron chi connectivity index (χ1n) is 7.68. The van der Waals surface area contributed by atoms with Crippen molar-refractivity contribution in [3.8, 4) is 0 Å². The van der Waals surface area contributed by atoms with Crippen molar-refractivity contribution in [2.24, 2.45) is 5.92 Å². The molecule has 1 N–H and O–H groups in total. The lowest BCUT2D eigenvalue weighted by Crippen LogP contribution is -2.60. The van der Waals surface area contributed by atoms with Crippen LogP contribution in [0.1, 0.15) is 13.8 Å². The third kappa shape index (κ3) is 4.66. The Morgan fingerprint density at radius 2 is 1.79 bits per heavy atom. The van der Waals surface area contributed by atoms with Crippen LogP contribution in [0, 0.1) is 9.49 Å². The van der Waals surface area contributed by atoms with E-state index >= 15 is 0 Å². The smallest absolute Gasteiger partial charge is 0.323 e. The van der Waals surface area contributed by atoms with Gasteiger partial charge < -0.3 is 14.6 Å². The average Bonchev–Trinajstić information content (AvgIpc) is 2.52. The molecule has 1 aromatic carbocycles. The van der Waals surface area contributed by atoms with Gasteiger partial charge >= 0.3 is 5.97 Å². The second kappa shape index (κ2) is 8.56. The first-order chi connectivity index (χ1) is 11.3.